The van der Waals surface area contributed by atoms with E-state index in [1.54, 1.807) is 11.0 Å². The van der Waals surface area contributed by atoms with Crippen molar-refractivity contribution < 1.29 is 37.1 Å². The number of hydrogen-bond acceptors (Lipinski definition) is 5. The molecule has 1 aromatic rings. The molecule has 0 aromatic heterocycles. The molecule has 2 fully saturated rings. The van der Waals surface area contributed by atoms with Crippen molar-refractivity contribution in [3.05, 3.63) is 47.5 Å². The molecule has 0 spiro atoms. The highest BCUT2D eigenvalue weighted by atomic mass is 19.4. The molecule has 2 heterocycles. The predicted octanol–water partition coefficient (Wildman–Crippen LogP) is 0.911. The molecule has 2 aliphatic rings. The van der Waals surface area contributed by atoms with E-state index in [1.807, 2.05) is 6.08 Å². The number of rotatable bonds is 8. The molecular formula is C24H28F3N5O5. The van der Waals surface area contributed by atoms with E-state index in [2.05, 4.69) is 15.6 Å². The second kappa shape index (κ2) is 12.5. The zero-order chi connectivity index (χ0) is 27.0. The third-order valence-electron chi connectivity index (χ3n) is 5.98. The molecule has 4 amide bonds. The lowest BCUT2D eigenvalue weighted by atomic mass is 10.0. The summed E-state index contributed by atoms with van der Waals surface area (Å²) in [7, 11) is 0. The van der Waals surface area contributed by atoms with Gasteiger partial charge in [0.05, 0.1) is 19.3 Å². The van der Waals surface area contributed by atoms with Crippen molar-refractivity contribution >= 4 is 29.5 Å². The number of carbonyl (C=O) groups is 4. The Hall–Kier alpha value is -3.74. The Kier molecular flexibility index (Phi) is 9.39. The van der Waals surface area contributed by atoms with Gasteiger partial charge in [-0.25, -0.2) is 0 Å². The van der Waals surface area contributed by atoms with Crippen LogP contribution in [-0.4, -0.2) is 79.4 Å². The van der Waals surface area contributed by atoms with Crippen LogP contribution in [0.2, 0.25) is 0 Å². The van der Waals surface area contributed by atoms with E-state index in [4.69, 9.17) is 10.5 Å². The Labute approximate surface area is 211 Å². The van der Waals surface area contributed by atoms with E-state index < -0.39 is 29.7 Å². The number of hydrogen-bond donors (Lipinski definition) is 3. The Balaban J connectivity index is 1.43. The van der Waals surface area contributed by atoms with Crippen LogP contribution in [0.25, 0.3) is 0 Å². The average molecular weight is 524 g/mol. The number of aliphatic imine (C=N–C) groups is 1. The van der Waals surface area contributed by atoms with Gasteiger partial charge in [-0.1, -0.05) is 24.3 Å². The number of amides is 4. The van der Waals surface area contributed by atoms with Gasteiger partial charge in [0.1, 0.15) is 11.8 Å². The normalized spacial score (nSPS) is 20.7. The minimum absolute atomic E-state index is 0.0711. The average Bonchev–Trinajstić information content (AvgIpc) is 3.31. The van der Waals surface area contributed by atoms with E-state index in [0.717, 1.165) is 0 Å². The SMILES string of the molecule is NC(=NC(=O)C(F)(F)F)c1ccc(C(=O)NC/C=C\CCC2COCCN2C(=O)C2CCNC2=O)cc1. The van der Waals surface area contributed by atoms with Crippen LogP contribution >= 0.6 is 0 Å². The van der Waals surface area contributed by atoms with Gasteiger partial charge in [0.25, 0.3) is 5.91 Å². The number of nitrogens with zero attached hydrogens (tertiary/aromatic N) is 2. The Morgan fingerprint density at radius 2 is 1.89 bits per heavy atom. The van der Waals surface area contributed by atoms with Crippen LogP contribution in [0.5, 0.6) is 0 Å². The first-order chi connectivity index (χ1) is 17.6. The van der Waals surface area contributed by atoms with Crippen molar-refractivity contribution in [3.8, 4) is 0 Å². The molecule has 0 bridgehead atoms. The van der Waals surface area contributed by atoms with Crippen LogP contribution < -0.4 is 16.4 Å². The Morgan fingerprint density at radius 1 is 1.19 bits per heavy atom. The Morgan fingerprint density at radius 3 is 2.54 bits per heavy atom. The van der Waals surface area contributed by atoms with Gasteiger partial charge in [-0.2, -0.15) is 18.2 Å². The van der Waals surface area contributed by atoms with Crippen molar-refractivity contribution in [1.82, 2.24) is 15.5 Å². The van der Waals surface area contributed by atoms with E-state index >= 15 is 0 Å². The highest BCUT2D eigenvalue weighted by molar-refractivity contribution is 6.06. The molecule has 13 heteroatoms. The number of benzene rings is 1. The minimum Gasteiger partial charge on any atom is -0.383 e. The first-order valence-corrected chi connectivity index (χ1v) is 11.7. The first kappa shape index (κ1) is 27.8. The van der Waals surface area contributed by atoms with Crippen LogP contribution in [-0.2, 0) is 19.1 Å². The molecule has 10 nitrogen and oxygen atoms in total. The Bertz CT molecular complexity index is 1070. The van der Waals surface area contributed by atoms with Crippen molar-refractivity contribution in [2.45, 2.75) is 31.5 Å². The highest BCUT2D eigenvalue weighted by Gasteiger charge is 2.39. The number of morpholine rings is 1. The van der Waals surface area contributed by atoms with Gasteiger partial charge < -0.3 is 26.0 Å². The molecule has 0 saturated carbocycles. The van der Waals surface area contributed by atoms with Gasteiger partial charge in [0.15, 0.2) is 0 Å². The maximum absolute atomic E-state index is 12.8. The fourth-order valence-electron chi connectivity index (χ4n) is 3.99. The maximum Gasteiger partial charge on any atom is 0.473 e. The number of halogens is 3. The van der Waals surface area contributed by atoms with Crippen molar-refractivity contribution in [2.75, 3.05) is 32.8 Å². The van der Waals surface area contributed by atoms with Gasteiger partial charge in [-0.15, -0.1) is 0 Å². The summed E-state index contributed by atoms with van der Waals surface area (Å²) in [6.07, 6.45) is 0.299. The van der Waals surface area contributed by atoms with E-state index in [9.17, 15) is 32.3 Å². The van der Waals surface area contributed by atoms with Crippen LogP contribution in [0.4, 0.5) is 13.2 Å². The summed E-state index contributed by atoms with van der Waals surface area (Å²) in [6.45, 7) is 2.02. The van der Waals surface area contributed by atoms with Gasteiger partial charge in [-0.3, -0.25) is 19.2 Å². The zero-order valence-corrected chi connectivity index (χ0v) is 19.9. The number of ether oxygens (including phenoxy) is 1. The topological polar surface area (TPSA) is 143 Å². The number of alkyl halides is 3. The maximum atomic E-state index is 12.8. The second-order valence-electron chi connectivity index (χ2n) is 8.53. The largest absolute Gasteiger partial charge is 0.473 e. The number of amidine groups is 1. The fraction of sp³-hybridized carbons (Fsp3) is 0.458. The van der Waals surface area contributed by atoms with Gasteiger partial charge in [-0.05, 0) is 31.4 Å². The number of nitrogens with one attached hydrogen (secondary N) is 2. The quantitative estimate of drug-likeness (QED) is 0.200. The van der Waals surface area contributed by atoms with E-state index in [0.29, 0.717) is 45.6 Å². The molecule has 2 aliphatic heterocycles. The third kappa shape index (κ3) is 7.62. The molecule has 4 N–H and O–H groups in total. The number of carbonyl (C=O) groups excluding carboxylic acids is 4. The summed E-state index contributed by atoms with van der Waals surface area (Å²) in [4.78, 5) is 52.4. The molecule has 0 aliphatic carbocycles. The van der Waals surface area contributed by atoms with Crippen LogP contribution in [0.15, 0.2) is 41.4 Å². The van der Waals surface area contributed by atoms with E-state index in [1.165, 1.54) is 24.3 Å². The highest BCUT2D eigenvalue weighted by Crippen LogP contribution is 2.20. The molecule has 37 heavy (non-hydrogen) atoms. The molecule has 1 aromatic carbocycles. The van der Waals surface area contributed by atoms with Gasteiger partial charge in [0, 0.05) is 30.8 Å². The fourth-order valence-corrected chi connectivity index (χ4v) is 3.99. The lowest BCUT2D eigenvalue weighted by molar-refractivity contribution is -0.169. The molecule has 2 unspecified atom stereocenters. The zero-order valence-electron chi connectivity index (χ0n) is 19.9. The lowest BCUT2D eigenvalue weighted by Gasteiger charge is -2.36. The van der Waals surface area contributed by atoms with Gasteiger partial charge in [0.2, 0.25) is 11.8 Å². The monoisotopic (exact) mass is 523 g/mol. The smallest absolute Gasteiger partial charge is 0.383 e. The molecular weight excluding hydrogens is 495 g/mol. The first-order valence-electron chi connectivity index (χ1n) is 11.7. The lowest BCUT2D eigenvalue weighted by Crippen LogP contribution is -2.51. The summed E-state index contributed by atoms with van der Waals surface area (Å²) < 4.78 is 42.4. The molecule has 200 valence electrons. The second-order valence-corrected chi connectivity index (χ2v) is 8.53. The summed E-state index contributed by atoms with van der Waals surface area (Å²) in [6, 6.07) is 5.17. The van der Waals surface area contributed by atoms with E-state index in [-0.39, 0.29) is 35.5 Å². The summed E-state index contributed by atoms with van der Waals surface area (Å²) in [5.41, 5.74) is 5.75. The van der Waals surface area contributed by atoms with Crippen LogP contribution in [0.3, 0.4) is 0 Å². The van der Waals surface area contributed by atoms with Crippen LogP contribution in [0, 0.1) is 5.92 Å². The molecule has 0 radical (unpaired) electrons. The number of nitrogens with two attached hydrogens (primary N) is 1. The van der Waals surface area contributed by atoms with Crippen molar-refractivity contribution in [3.63, 3.8) is 0 Å². The molecule has 2 atom stereocenters. The third-order valence-corrected chi connectivity index (χ3v) is 5.98. The number of allylic oxidation sites excluding steroid dienone is 1. The summed E-state index contributed by atoms with van der Waals surface area (Å²) in [5, 5.41) is 5.37. The summed E-state index contributed by atoms with van der Waals surface area (Å²) >= 11 is 0. The van der Waals surface area contributed by atoms with Crippen LogP contribution in [0.1, 0.15) is 35.2 Å². The standard InChI is InChI=1S/C24H28F3N5O5/c25-24(26,27)23(36)31-19(28)15-5-7-16(8-6-15)20(33)29-10-3-1-2-4-17-14-37-13-12-32(17)22(35)18-9-11-30-21(18)34/h1,3,5-8,17-18H,2,4,9-14H2,(H,29,33)(H,30,34)(H2,28,31,36)/b3-1-. The van der Waals surface area contributed by atoms with Gasteiger partial charge >= 0.3 is 12.1 Å². The predicted molar refractivity (Wildman–Crippen MR) is 126 cm³/mol. The minimum atomic E-state index is -5.12. The van der Waals surface area contributed by atoms with Crippen molar-refractivity contribution in [2.24, 2.45) is 16.6 Å². The molecule has 2 saturated heterocycles. The summed E-state index contributed by atoms with van der Waals surface area (Å²) in [5.74, 6) is -4.35. The van der Waals surface area contributed by atoms with Crippen molar-refractivity contribution in [1.29, 1.82) is 0 Å². The molecule has 3 rings (SSSR count).